The molecule has 25 heavy (non-hydrogen) atoms. The molecule has 1 aromatic rings. The van der Waals surface area contributed by atoms with Crippen molar-refractivity contribution in [2.45, 2.75) is 50.0 Å². The summed E-state index contributed by atoms with van der Waals surface area (Å²) in [6.45, 7) is 2.49. The molecule has 7 nitrogen and oxygen atoms in total. The number of hydrogen-bond donors (Lipinski definition) is 2. The van der Waals surface area contributed by atoms with Crippen molar-refractivity contribution >= 4 is 0 Å². The van der Waals surface area contributed by atoms with Crippen LogP contribution in [0.5, 0.6) is 5.88 Å². The van der Waals surface area contributed by atoms with Crippen LogP contribution in [-0.4, -0.2) is 59.3 Å². The topological polar surface area (TPSA) is 88.2 Å². The molecule has 2 N–H and O–H groups in total. The van der Waals surface area contributed by atoms with E-state index < -0.39 is 11.7 Å². The Morgan fingerprint density at radius 3 is 2.92 bits per heavy atom. The summed E-state index contributed by atoms with van der Waals surface area (Å²) in [5, 5.41) is 25.2. The van der Waals surface area contributed by atoms with E-state index in [4.69, 9.17) is 14.0 Å². The fourth-order valence-electron chi connectivity index (χ4n) is 4.73. The standard InChI is InChI=1S/C18H26N2O5/c1-4-5-6-23-17-13-15(25-19-17)14(20(2)3)12-8-11-7-10(9-21)18(12,24-11)16(13)22/h7,11-12,14,16,21-22H,4-6,8-9H2,1-3H3/t11-,12-,14-,16?,18+/m0/s1. The highest BCUT2D eigenvalue weighted by Crippen LogP contribution is 2.63. The van der Waals surface area contributed by atoms with Crippen LogP contribution in [0, 0.1) is 5.92 Å². The van der Waals surface area contributed by atoms with Gasteiger partial charge in [-0.3, -0.25) is 4.90 Å². The van der Waals surface area contributed by atoms with Crippen LogP contribution in [0.3, 0.4) is 0 Å². The van der Waals surface area contributed by atoms with Crippen LogP contribution in [0.15, 0.2) is 16.2 Å². The van der Waals surface area contributed by atoms with Crippen LogP contribution >= 0.6 is 0 Å². The number of fused-ring (bicyclic) bond motifs is 2. The Bertz CT molecular complexity index is 685. The third-order valence-corrected chi connectivity index (χ3v) is 5.79. The molecule has 0 amide bonds. The zero-order valence-corrected chi connectivity index (χ0v) is 14.9. The lowest BCUT2D eigenvalue weighted by Crippen LogP contribution is -2.52. The van der Waals surface area contributed by atoms with E-state index in [0.29, 0.717) is 23.8 Å². The van der Waals surface area contributed by atoms with Gasteiger partial charge in [0.2, 0.25) is 0 Å². The van der Waals surface area contributed by atoms with E-state index >= 15 is 0 Å². The second-order valence-corrected chi connectivity index (χ2v) is 7.42. The number of unbranched alkanes of at least 4 members (excludes halogenated alkanes) is 1. The minimum Gasteiger partial charge on any atom is -0.475 e. The Labute approximate surface area is 147 Å². The van der Waals surface area contributed by atoms with Crippen LogP contribution in [0.4, 0.5) is 0 Å². The molecular weight excluding hydrogens is 324 g/mol. The molecule has 2 aliphatic heterocycles. The molecule has 5 atom stereocenters. The van der Waals surface area contributed by atoms with Gasteiger partial charge in [0, 0.05) is 5.92 Å². The molecule has 3 aliphatic rings. The van der Waals surface area contributed by atoms with Crippen molar-refractivity contribution in [3.8, 4) is 5.88 Å². The van der Waals surface area contributed by atoms with E-state index in [1.807, 2.05) is 20.2 Å². The van der Waals surface area contributed by atoms with E-state index in [1.54, 1.807) is 0 Å². The lowest BCUT2D eigenvalue weighted by atomic mass is 9.64. The van der Waals surface area contributed by atoms with Crippen molar-refractivity contribution in [1.29, 1.82) is 0 Å². The van der Waals surface area contributed by atoms with E-state index in [0.717, 1.165) is 24.8 Å². The summed E-state index contributed by atoms with van der Waals surface area (Å²) in [6.07, 6.45) is 3.61. The molecule has 2 bridgehead atoms. The van der Waals surface area contributed by atoms with Gasteiger partial charge in [-0.15, -0.1) is 0 Å². The van der Waals surface area contributed by atoms with Gasteiger partial charge in [0.1, 0.15) is 11.7 Å². The molecule has 1 spiro atoms. The summed E-state index contributed by atoms with van der Waals surface area (Å²) < 4.78 is 17.6. The number of aliphatic hydroxyl groups is 2. The van der Waals surface area contributed by atoms with Gasteiger partial charge in [0.15, 0.2) is 5.76 Å². The molecule has 4 rings (SSSR count). The molecule has 1 fully saturated rings. The number of aromatic nitrogens is 1. The highest BCUT2D eigenvalue weighted by atomic mass is 16.6. The van der Waals surface area contributed by atoms with Crippen molar-refractivity contribution < 1.29 is 24.2 Å². The summed E-state index contributed by atoms with van der Waals surface area (Å²) in [5.74, 6) is 0.985. The second kappa shape index (κ2) is 6.09. The molecule has 3 heterocycles. The second-order valence-electron chi connectivity index (χ2n) is 7.42. The Hall–Kier alpha value is -1.41. The van der Waals surface area contributed by atoms with E-state index in [-0.39, 0.29) is 24.7 Å². The zero-order valence-electron chi connectivity index (χ0n) is 14.9. The first-order chi connectivity index (χ1) is 12.0. The van der Waals surface area contributed by atoms with Gasteiger partial charge in [-0.2, -0.15) is 0 Å². The Morgan fingerprint density at radius 1 is 1.44 bits per heavy atom. The fourth-order valence-corrected chi connectivity index (χ4v) is 4.73. The highest BCUT2D eigenvalue weighted by molar-refractivity contribution is 5.47. The van der Waals surface area contributed by atoms with Gasteiger partial charge in [-0.1, -0.05) is 19.4 Å². The van der Waals surface area contributed by atoms with E-state index in [1.165, 1.54) is 0 Å². The average molecular weight is 350 g/mol. The van der Waals surface area contributed by atoms with Gasteiger partial charge in [0.05, 0.1) is 30.9 Å². The summed E-state index contributed by atoms with van der Waals surface area (Å²) in [7, 11) is 3.96. The first-order valence-electron chi connectivity index (χ1n) is 9.01. The quantitative estimate of drug-likeness (QED) is 0.595. The van der Waals surface area contributed by atoms with Gasteiger partial charge in [-0.25, -0.2) is 0 Å². The normalized spacial score (nSPS) is 35.7. The van der Waals surface area contributed by atoms with Crippen LogP contribution < -0.4 is 4.74 Å². The first-order valence-corrected chi connectivity index (χ1v) is 9.01. The maximum absolute atomic E-state index is 11.3. The summed E-state index contributed by atoms with van der Waals surface area (Å²) in [6, 6.07) is -0.0883. The Balaban J connectivity index is 1.80. The Morgan fingerprint density at radius 2 is 2.24 bits per heavy atom. The predicted octanol–water partition coefficient (Wildman–Crippen LogP) is 1.58. The first kappa shape index (κ1) is 17.0. The van der Waals surface area contributed by atoms with Crippen molar-refractivity contribution in [2.75, 3.05) is 27.3 Å². The summed E-state index contributed by atoms with van der Waals surface area (Å²) >= 11 is 0. The number of hydrogen-bond acceptors (Lipinski definition) is 7. The van der Waals surface area contributed by atoms with E-state index in [9.17, 15) is 10.2 Å². The van der Waals surface area contributed by atoms with Crippen LogP contribution in [0.1, 0.15) is 49.7 Å². The monoisotopic (exact) mass is 350 g/mol. The molecule has 0 saturated carbocycles. The molecule has 1 unspecified atom stereocenters. The lowest BCUT2D eigenvalue weighted by Gasteiger charge is -2.46. The van der Waals surface area contributed by atoms with Crippen molar-refractivity contribution in [2.24, 2.45) is 5.92 Å². The lowest BCUT2D eigenvalue weighted by molar-refractivity contribution is -0.116. The molecule has 138 valence electrons. The van der Waals surface area contributed by atoms with Gasteiger partial charge >= 0.3 is 0 Å². The molecule has 1 saturated heterocycles. The van der Waals surface area contributed by atoms with Crippen LogP contribution in [0.2, 0.25) is 0 Å². The molecular formula is C18H26N2O5. The largest absolute Gasteiger partial charge is 0.475 e. The Kier molecular flexibility index (Phi) is 4.15. The molecule has 1 aliphatic carbocycles. The van der Waals surface area contributed by atoms with Crippen LogP contribution in [-0.2, 0) is 4.74 Å². The number of nitrogens with zero attached hydrogens (tertiary/aromatic N) is 2. The maximum atomic E-state index is 11.3. The minimum absolute atomic E-state index is 0.00130. The molecule has 0 aromatic carbocycles. The fraction of sp³-hybridized carbons (Fsp3) is 0.722. The summed E-state index contributed by atoms with van der Waals surface area (Å²) in [5.41, 5.74) is 0.392. The van der Waals surface area contributed by atoms with Gasteiger partial charge in [0.25, 0.3) is 5.88 Å². The number of ether oxygens (including phenoxy) is 2. The SMILES string of the molecule is CCCCOc1noc2c1C(O)[C@@]13O[C@@H](C=C1CO)C[C@H]3[C@@H]2N(C)C. The summed E-state index contributed by atoms with van der Waals surface area (Å²) in [4.78, 5) is 2.07. The molecule has 1 aromatic heterocycles. The van der Waals surface area contributed by atoms with Crippen molar-refractivity contribution in [3.05, 3.63) is 23.0 Å². The zero-order chi connectivity index (χ0) is 17.8. The number of rotatable bonds is 6. The third kappa shape index (κ3) is 2.23. The van der Waals surface area contributed by atoms with Crippen LogP contribution in [0.25, 0.3) is 0 Å². The third-order valence-electron chi connectivity index (χ3n) is 5.79. The molecule has 7 heteroatoms. The number of aliphatic hydroxyl groups excluding tert-OH is 2. The van der Waals surface area contributed by atoms with E-state index in [2.05, 4.69) is 17.0 Å². The highest BCUT2D eigenvalue weighted by Gasteiger charge is 2.66. The minimum atomic E-state index is -0.961. The smallest absolute Gasteiger partial charge is 0.260 e. The maximum Gasteiger partial charge on any atom is 0.260 e. The van der Waals surface area contributed by atoms with Crippen molar-refractivity contribution in [3.63, 3.8) is 0 Å². The van der Waals surface area contributed by atoms with Gasteiger partial charge < -0.3 is 24.2 Å². The predicted molar refractivity (Wildman–Crippen MR) is 89.2 cm³/mol. The average Bonchev–Trinajstić information content (AvgIpc) is 3.26. The molecule has 0 radical (unpaired) electrons. The van der Waals surface area contributed by atoms with Gasteiger partial charge in [-0.05, 0) is 37.7 Å². The van der Waals surface area contributed by atoms with Crippen molar-refractivity contribution in [1.82, 2.24) is 10.1 Å².